The van der Waals surface area contributed by atoms with Crippen LogP contribution in [0.1, 0.15) is 13.8 Å². The molecule has 0 saturated carbocycles. The normalized spacial score (nSPS) is 14.6. The van der Waals surface area contributed by atoms with Gasteiger partial charge in [0, 0.05) is 14.1 Å². The molecule has 0 bridgehead atoms. The SMILES string of the molecule is CCOC(=O)C(C)/C(=N\N(C)C)C(F)(F)F. The third-order valence-electron chi connectivity index (χ3n) is 1.65. The Morgan fingerprint density at radius 1 is 1.44 bits per heavy atom. The molecule has 0 aliphatic carbocycles. The van der Waals surface area contributed by atoms with E-state index in [1.165, 1.54) is 21.0 Å². The van der Waals surface area contributed by atoms with Gasteiger partial charge in [0.15, 0.2) is 5.71 Å². The van der Waals surface area contributed by atoms with Gasteiger partial charge in [-0.1, -0.05) is 0 Å². The van der Waals surface area contributed by atoms with Crippen LogP contribution in [0.15, 0.2) is 5.10 Å². The van der Waals surface area contributed by atoms with E-state index in [9.17, 15) is 18.0 Å². The number of halogens is 3. The maximum atomic E-state index is 12.6. The van der Waals surface area contributed by atoms with Gasteiger partial charge in [0.1, 0.15) is 5.92 Å². The summed E-state index contributed by atoms with van der Waals surface area (Å²) in [5.41, 5.74) is -1.16. The number of hydrogen-bond donors (Lipinski definition) is 0. The van der Waals surface area contributed by atoms with Crippen LogP contribution in [0.4, 0.5) is 13.2 Å². The first-order valence-electron chi connectivity index (χ1n) is 4.69. The molecule has 0 aromatic carbocycles. The van der Waals surface area contributed by atoms with Gasteiger partial charge in [-0.3, -0.25) is 4.79 Å². The van der Waals surface area contributed by atoms with Crippen molar-refractivity contribution in [3.8, 4) is 0 Å². The second-order valence-electron chi connectivity index (χ2n) is 3.30. The average molecular weight is 240 g/mol. The Kier molecular flexibility index (Phi) is 5.26. The Labute approximate surface area is 92.1 Å². The largest absolute Gasteiger partial charge is 0.465 e. The van der Waals surface area contributed by atoms with E-state index in [2.05, 4.69) is 9.84 Å². The molecule has 0 radical (unpaired) electrons. The highest BCUT2D eigenvalue weighted by Crippen LogP contribution is 2.23. The van der Waals surface area contributed by atoms with Crippen LogP contribution in [-0.2, 0) is 9.53 Å². The summed E-state index contributed by atoms with van der Waals surface area (Å²) in [5.74, 6) is -2.36. The van der Waals surface area contributed by atoms with Crippen LogP contribution >= 0.6 is 0 Å². The zero-order chi connectivity index (χ0) is 12.9. The Balaban J connectivity index is 4.99. The maximum absolute atomic E-state index is 12.6. The van der Waals surface area contributed by atoms with Crippen LogP contribution in [0.5, 0.6) is 0 Å². The van der Waals surface area contributed by atoms with E-state index in [1.807, 2.05) is 0 Å². The number of esters is 1. The molecule has 0 aromatic rings. The minimum atomic E-state index is -4.64. The Morgan fingerprint density at radius 3 is 2.25 bits per heavy atom. The number of nitrogens with zero attached hydrogens (tertiary/aromatic N) is 2. The molecule has 4 nitrogen and oxygen atoms in total. The fourth-order valence-electron chi connectivity index (χ4n) is 0.983. The summed E-state index contributed by atoms with van der Waals surface area (Å²) in [5, 5.41) is 4.27. The number of carbonyl (C=O) groups excluding carboxylic acids is 1. The zero-order valence-electron chi connectivity index (χ0n) is 9.63. The zero-order valence-corrected chi connectivity index (χ0v) is 9.63. The summed E-state index contributed by atoms with van der Waals surface area (Å²) in [6.07, 6.45) is -4.64. The highest BCUT2D eigenvalue weighted by Gasteiger charge is 2.42. The molecule has 0 N–H and O–H groups in total. The highest BCUT2D eigenvalue weighted by molar-refractivity contribution is 6.04. The molecular formula is C9H15F3N2O2. The number of hydrogen-bond acceptors (Lipinski definition) is 4. The fraction of sp³-hybridized carbons (Fsp3) is 0.778. The highest BCUT2D eigenvalue weighted by atomic mass is 19.4. The summed E-state index contributed by atoms with van der Waals surface area (Å²) in [7, 11) is 2.70. The van der Waals surface area contributed by atoms with Crippen molar-refractivity contribution in [3.63, 3.8) is 0 Å². The van der Waals surface area contributed by atoms with E-state index in [0.29, 0.717) is 0 Å². The lowest BCUT2D eigenvalue weighted by atomic mass is 10.1. The molecule has 94 valence electrons. The van der Waals surface area contributed by atoms with Crippen molar-refractivity contribution in [2.24, 2.45) is 11.0 Å². The second kappa shape index (κ2) is 5.72. The second-order valence-corrected chi connectivity index (χ2v) is 3.30. The molecule has 0 saturated heterocycles. The first-order chi connectivity index (χ1) is 7.20. The molecule has 0 aliphatic rings. The van der Waals surface area contributed by atoms with Gasteiger partial charge in [0.25, 0.3) is 0 Å². The third-order valence-corrected chi connectivity index (χ3v) is 1.65. The maximum Gasteiger partial charge on any atom is 0.432 e. The molecular weight excluding hydrogens is 225 g/mol. The van der Waals surface area contributed by atoms with Crippen LogP contribution in [0.25, 0.3) is 0 Å². The van der Waals surface area contributed by atoms with Crippen LogP contribution < -0.4 is 0 Å². The van der Waals surface area contributed by atoms with E-state index in [-0.39, 0.29) is 6.61 Å². The molecule has 0 spiro atoms. The number of ether oxygens (including phenoxy) is 1. The van der Waals surface area contributed by atoms with Crippen molar-refractivity contribution in [3.05, 3.63) is 0 Å². The fourth-order valence-corrected chi connectivity index (χ4v) is 0.983. The van der Waals surface area contributed by atoms with Crippen molar-refractivity contribution in [2.45, 2.75) is 20.0 Å². The van der Waals surface area contributed by atoms with E-state index < -0.39 is 23.8 Å². The Morgan fingerprint density at radius 2 is 1.94 bits per heavy atom. The number of carbonyl (C=O) groups is 1. The molecule has 0 rings (SSSR count). The predicted octanol–water partition coefficient (Wildman–Crippen LogP) is 1.67. The summed E-state index contributed by atoms with van der Waals surface area (Å²) in [6, 6.07) is 0. The smallest absolute Gasteiger partial charge is 0.432 e. The van der Waals surface area contributed by atoms with Gasteiger partial charge in [-0.15, -0.1) is 0 Å². The van der Waals surface area contributed by atoms with Gasteiger partial charge < -0.3 is 9.75 Å². The lowest BCUT2D eigenvalue weighted by molar-refractivity contribution is -0.146. The molecule has 0 heterocycles. The third kappa shape index (κ3) is 4.50. The number of alkyl halides is 3. The topological polar surface area (TPSA) is 41.9 Å². The van der Waals surface area contributed by atoms with Crippen molar-refractivity contribution >= 4 is 11.7 Å². The number of rotatable bonds is 4. The van der Waals surface area contributed by atoms with Gasteiger partial charge in [0.05, 0.1) is 6.61 Å². The van der Waals surface area contributed by atoms with Crippen molar-refractivity contribution < 1.29 is 22.7 Å². The van der Waals surface area contributed by atoms with Crippen LogP contribution in [-0.4, -0.2) is 43.6 Å². The van der Waals surface area contributed by atoms with Gasteiger partial charge in [-0.2, -0.15) is 18.3 Å². The summed E-state index contributed by atoms with van der Waals surface area (Å²) in [6.45, 7) is 2.69. The summed E-state index contributed by atoms with van der Waals surface area (Å²) in [4.78, 5) is 11.2. The van der Waals surface area contributed by atoms with Gasteiger partial charge in [-0.05, 0) is 13.8 Å². The molecule has 16 heavy (non-hydrogen) atoms. The van der Waals surface area contributed by atoms with Crippen LogP contribution in [0, 0.1) is 5.92 Å². The Bertz CT molecular complexity index is 274. The summed E-state index contributed by atoms with van der Waals surface area (Å²) < 4.78 is 42.2. The average Bonchev–Trinajstić information content (AvgIpc) is 2.11. The molecule has 0 amide bonds. The van der Waals surface area contributed by atoms with Crippen molar-refractivity contribution in [2.75, 3.05) is 20.7 Å². The van der Waals surface area contributed by atoms with Gasteiger partial charge >= 0.3 is 12.1 Å². The van der Waals surface area contributed by atoms with Crippen molar-refractivity contribution in [1.29, 1.82) is 0 Å². The standard InChI is InChI=1S/C9H15F3N2O2/c1-5-16-8(15)6(2)7(9(10,11)12)13-14(3)4/h6H,5H2,1-4H3/b13-7+. The lowest BCUT2D eigenvalue weighted by Crippen LogP contribution is -2.36. The molecule has 0 aliphatic heterocycles. The number of hydrazone groups is 1. The predicted molar refractivity (Wildman–Crippen MR) is 53.0 cm³/mol. The van der Waals surface area contributed by atoms with Gasteiger partial charge in [0.2, 0.25) is 0 Å². The quantitative estimate of drug-likeness (QED) is 0.426. The van der Waals surface area contributed by atoms with Gasteiger partial charge in [-0.25, -0.2) is 0 Å². The lowest BCUT2D eigenvalue weighted by Gasteiger charge is -2.18. The first-order valence-corrected chi connectivity index (χ1v) is 4.69. The molecule has 1 unspecified atom stereocenters. The first kappa shape index (κ1) is 14.7. The van der Waals surface area contributed by atoms with Crippen LogP contribution in [0.3, 0.4) is 0 Å². The molecule has 0 aromatic heterocycles. The molecule has 0 fully saturated rings. The minimum absolute atomic E-state index is 0.0380. The van der Waals surface area contributed by atoms with Crippen molar-refractivity contribution in [1.82, 2.24) is 5.01 Å². The molecule has 7 heteroatoms. The Hall–Kier alpha value is -1.27. The minimum Gasteiger partial charge on any atom is -0.465 e. The van der Waals surface area contributed by atoms with E-state index in [0.717, 1.165) is 11.9 Å². The molecule has 1 atom stereocenters. The van der Waals surface area contributed by atoms with E-state index in [1.54, 1.807) is 0 Å². The van der Waals surface area contributed by atoms with E-state index in [4.69, 9.17) is 0 Å². The van der Waals surface area contributed by atoms with E-state index >= 15 is 0 Å². The summed E-state index contributed by atoms with van der Waals surface area (Å²) >= 11 is 0. The van der Waals surface area contributed by atoms with Crippen LogP contribution in [0.2, 0.25) is 0 Å². The monoisotopic (exact) mass is 240 g/mol.